The first-order valence-electron chi connectivity index (χ1n) is 5.71. The molecule has 1 aromatic heterocycles. The molecule has 17 heavy (non-hydrogen) atoms. The second-order valence-electron chi connectivity index (χ2n) is 4.44. The number of methoxy groups -OCH3 is 1. The number of hydrogen-bond donors (Lipinski definition) is 1. The lowest BCUT2D eigenvalue weighted by molar-refractivity contribution is 0.00503. The van der Waals surface area contributed by atoms with Crippen LogP contribution in [0.3, 0.4) is 0 Å². The standard InChI is InChI=1S/C12H21N3O2/c1-12(2,16-4)5-6-17-11-9-14-8-10(15-11)7-13-3/h8-9,13H,5-7H2,1-4H3. The lowest BCUT2D eigenvalue weighted by atomic mass is 10.1. The fourth-order valence-corrected chi connectivity index (χ4v) is 1.23. The molecular weight excluding hydrogens is 218 g/mol. The zero-order valence-corrected chi connectivity index (χ0v) is 11.0. The highest BCUT2D eigenvalue weighted by atomic mass is 16.5. The Kier molecular flexibility index (Phi) is 5.31. The minimum absolute atomic E-state index is 0.171. The summed E-state index contributed by atoms with van der Waals surface area (Å²) in [6, 6.07) is 0. The van der Waals surface area contributed by atoms with Gasteiger partial charge in [-0.15, -0.1) is 0 Å². The Bertz CT molecular complexity index is 342. The van der Waals surface area contributed by atoms with Crippen LogP contribution in [0.2, 0.25) is 0 Å². The summed E-state index contributed by atoms with van der Waals surface area (Å²) in [5, 5.41) is 3.02. The quantitative estimate of drug-likeness (QED) is 0.779. The van der Waals surface area contributed by atoms with Crippen molar-refractivity contribution >= 4 is 0 Å². The van der Waals surface area contributed by atoms with Crippen molar-refractivity contribution in [2.24, 2.45) is 0 Å². The molecule has 0 amide bonds. The molecule has 1 heterocycles. The average Bonchev–Trinajstić information content (AvgIpc) is 2.30. The number of ether oxygens (including phenoxy) is 2. The van der Waals surface area contributed by atoms with Crippen LogP contribution in [-0.2, 0) is 11.3 Å². The van der Waals surface area contributed by atoms with Gasteiger partial charge in [0.15, 0.2) is 0 Å². The molecule has 5 heteroatoms. The first-order valence-corrected chi connectivity index (χ1v) is 5.71. The summed E-state index contributed by atoms with van der Waals surface area (Å²) in [7, 11) is 3.57. The zero-order valence-electron chi connectivity index (χ0n) is 11.0. The van der Waals surface area contributed by atoms with Gasteiger partial charge in [-0.1, -0.05) is 0 Å². The predicted molar refractivity (Wildman–Crippen MR) is 66.0 cm³/mol. The van der Waals surface area contributed by atoms with Gasteiger partial charge in [0, 0.05) is 26.3 Å². The van der Waals surface area contributed by atoms with Crippen LogP contribution in [0.5, 0.6) is 5.88 Å². The van der Waals surface area contributed by atoms with E-state index >= 15 is 0 Å². The molecule has 0 aliphatic heterocycles. The van der Waals surface area contributed by atoms with Gasteiger partial charge >= 0.3 is 0 Å². The van der Waals surface area contributed by atoms with E-state index in [1.165, 1.54) is 0 Å². The fraction of sp³-hybridized carbons (Fsp3) is 0.667. The third kappa shape index (κ3) is 5.10. The van der Waals surface area contributed by atoms with Crippen molar-refractivity contribution in [2.45, 2.75) is 32.4 Å². The highest BCUT2D eigenvalue weighted by molar-refractivity contribution is 5.08. The molecule has 0 aliphatic rings. The number of rotatable bonds is 7. The molecular formula is C12H21N3O2. The van der Waals surface area contributed by atoms with Crippen LogP contribution in [-0.4, -0.2) is 36.3 Å². The predicted octanol–water partition coefficient (Wildman–Crippen LogP) is 1.39. The Morgan fingerprint density at radius 1 is 1.35 bits per heavy atom. The Morgan fingerprint density at radius 3 is 2.76 bits per heavy atom. The Labute approximate surface area is 103 Å². The number of aromatic nitrogens is 2. The van der Waals surface area contributed by atoms with E-state index in [-0.39, 0.29) is 5.60 Å². The third-order valence-electron chi connectivity index (χ3n) is 2.53. The summed E-state index contributed by atoms with van der Waals surface area (Å²) >= 11 is 0. The van der Waals surface area contributed by atoms with Crippen LogP contribution in [0.4, 0.5) is 0 Å². The molecule has 0 saturated carbocycles. The van der Waals surface area contributed by atoms with Gasteiger partial charge in [0.25, 0.3) is 0 Å². The number of nitrogens with one attached hydrogen (secondary N) is 1. The molecule has 5 nitrogen and oxygen atoms in total. The summed E-state index contributed by atoms with van der Waals surface area (Å²) in [4.78, 5) is 8.40. The molecule has 1 N–H and O–H groups in total. The molecule has 0 saturated heterocycles. The summed E-state index contributed by atoms with van der Waals surface area (Å²) in [5.41, 5.74) is 0.701. The highest BCUT2D eigenvalue weighted by Crippen LogP contribution is 2.14. The van der Waals surface area contributed by atoms with E-state index in [9.17, 15) is 0 Å². The molecule has 1 aromatic rings. The van der Waals surface area contributed by atoms with Crippen molar-refractivity contribution in [3.8, 4) is 5.88 Å². The van der Waals surface area contributed by atoms with E-state index in [0.29, 0.717) is 19.0 Å². The maximum atomic E-state index is 5.55. The Balaban J connectivity index is 2.44. The lowest BCUT2D eigenvalue weighted by Gasteiger charge is -2.22. The largest absolute Gasteiger partial charge is 0.476 e. The van der Waals surface area contributed by atoms with E-state index in [1.807, 2.05) is 20.9 Å². The van der Waals surface area contributed by atoms with Gasteiger partial charge in [-0.3, -0.25) is 4.98 Å². The molecule has 1 rings (SSSR count). The second kappa shape index (κ2) is 6.51. The van der Waals surface area contributed by atoms with Crippen LogP contribution in [0.25, 0.3) is 0 Å². The maximum Gasteiger partial charge on any atom is 0.232 e. The van der Waals surface area contributed by atoms with E-state index in [2.05, 4.69) is 15.3 Å². The fourth-order valence-electron chi connectivity index (χ4n) is 1.23. The van der Waals surface area contributed by atoms with Crippen LogP contribution in [0, 0.1) is 0 Å². The number of hydrogen-bond acceptors (Lipinski definition) is 5. The highest BCUT2D eigenvalue weighted by Gasteiger charge is 2.16. The zero-order chi connectivity index (χ0) is 12.7. The van der Waals surface area contributed by atoms with E-state index in [0.717, 1.165) is 12.1 Å². The summed E-state index contributed by atoms with van der Waals surface area (Å²) in [6.07, 6.45) is 4.16. The van der Waals surface area contributed by atoms with Crippen LogP contribution < -0.4 is 10.1 Å². The first-order chi connectivity index (χ1) is 8.07. The number of nitrogens with zero attached hydrogens (tertiary/aromatic N) is 2. The summed E-state index contributed by atoms with van der Waals surface area (Å²) < 4.78 is 10.9. The van der Waals surface area contributed by atoms with E-state index in [1.54, 1.807) is 19.5 Å². The van der Waals surface area contributed by atoms with Crippen LogP contribution >= 0.6 is 0 Å². The topological polar surface area (TPSA) is 56.3 Å². The second-order valence-corrected chi connectivity index (χ2v) is 4.44. The Hall–Kier alpha value is -1.20. The smallest absolute Gasteiger partial charge is 0.232 e. The molecule has 0 aromatic carbocycles. The third-order valence-corrected chi connectivity index (χ3v) is 2.53. The van der Waals surface area contributed by atoms with E-state index in [4.69, 9.17) is 9.47 Å². The molecule has 0 atom stereocenters. The maximum absolute atomic E-state index is 5.55. The molecule has 96 valence electrons. The van der Waals surface area contributed by atoms with Gasteiger partial charge in [0.2, 0.25) is 5.88 Å². The van der Waals surface area contributed by atoms with Crippen LogP contribution in [0.1, 0.15) is 26.0 Å². The molecule has 0 spiro atoms. The van der Waals surface area contributed by atoms with Gasteiger partial charge in [-0.05, 0) is 20.9 Å². The van der Waals surface area contributed by atoms with Gasteiger partial charge in [-0.2, -0.15) is 0 Å². The normalized spacial score (nSPS) is 11.5. The van der Waals surface area contributed by atoms with Gasteiger partial charge < -0.3 is 14.8 Å². The molecule has 0 aliphatic carbocycles. The lowest BCUT2D eigenvalue weighted by Crippen LogP contribution is -2.25. The summed E-state index contributed by atoms with van der Waals surface area (Å²) in [6.45, 7) is 5.31. The van der Waals surface area contributed by atoms with Crippen molar-refractivity contribution in [1.82, 2.24) is 15.3 Å². The van der Waals surface area contributed by atoms with Gasteiger partial charge in [0.1, 0.15) is 0 Å². The molecule has 0 fully saturated rings. The van der Waals surface area contributed by atoms with Gasteiger partial charge in [0.05, 0.1) is 24.1 Å². The molecule has 0 radical (unpaired) electrons. The summed E-state index contributed by atoms with van der Waals surface area (Å²) in [5.74, 6) is 0.560. The molecule has 0 bridgehead atoms. The van der Waals surface area contributed by atoms with Crippen LogP contribution in [0.15, 0.2) is 12.4 Å². The molecule has 0 unspecified atom stereocenters. The van der Waals surface area contributed by atoms with Crippen molar-refractivity contribution in [2.75, 3.05) is 20.8 Å². The SMILES string of the molecule is CNCc1cncc(OCCC(C)(C)OC)n1. The Morgan fingerprint density at radius 2 is 2.12 bits per heavy atom. The van der Waals surface area contributed by atoms with Crippen molar-refractivity contribution in [1.29, 1.82) is 0 Å². The monoisotopic (exact) mass is 239 g/mol. The minimum Gasteiger partial charge on any atom is -0.476 e. The first kappa shape index (κ1) is 13.9. The van der Waals surface area contributed by atoms with Crippen molar-refractivity contribution in [3.05, 3.63) is 18.1 Å². The minimum atomic E-state index is -0.171. The van der Waals surface area contributed by atoms with Gasteiger partial charge in [-0.25, -0.2) is 4.98 Å². The van der Waals surface area contributed by atoms with Crippen molar-refractivity contribution in [3.63, 3.8) is 0 Å². The van der Waals surface area contributed by atoms with E-state index < -0.39 is 0 Å². The average molecular weight is 239 g/mol. The van der Waals surface area contributed by atoms with Crippen molar-refractivity contribution < 1.29 is 9.47 Å².